The average Bonchev–Trinajstić information content (AvgIpc) is 3.16. The number of rotatable bonds is 9. The number of carbonyl (C=O) groups is 2. The van der Waals surface area contributed by atoms with Gasteiger partial charge in [0.05, 0.1) is 27.0 Å². The van der Waals surface area contributed by atoms with Crippen molar-refractivity contribution in [2.75, 3.05) is 32.8 Å². The quantitative estimate of drug-likeness (QED) is 0.234. The van der Waals surface area contributed by atoms with E-state index in [1.54, 1.807) is 62.8 Å². The highest BCUT2D eigenvalue weighted by Gasteiger charge is 2.40. The van der Waals surface area contributed by atoms with Crippen LogP contribution in [0.1, 0.15) is 11.1 Å². The first-order valence-electron chi connectivity index (χ1n) is 11.4. The summed E-state index contributed by atoms with van der Waals surface area (Å²) in [5.74, 6) is 0.811. The number of thiocarbonyl (C=S) groups is 1. The largest absolute Gasteiger partial charge is 0.497 e. The maximum Gasteiger partial charge on any atom is 0.325 e. The lowest BCUT2D eigenvalue weighted by Crippen LogP contribution is -2.35. The zero-order valence-corrected chi connectivity index (χ0v) is 21.5. The lowest BCUT2D eigenvalue weighted by molar-refractivity contribution is -0.140. The third-order valence-electron chi connectivity index (χ3n) is 5.71. The maximum absolute atomic E-state index is 13.5. The van der Waals surface area contributed by atoms with Crippen LogP contribution < -0.4 is 19.1 Å². The normalized spacial score (nSPS) is 14.2. The lowest BCUT2D eigenvalue weighted by atomic mass is 10.1. The number of anilines is 1. The highest BCUT2D eigenvalue weighted by atomic mass is 32.1. The molecule has 0 spiro atoms. The van der Waals surface area contributed by atoms with Gasteiger partial charge in [0.15, 0.2) is 16.6 Å². The van der Waals surface area contributed by atoms with Crippen molar-refractivity contribution in [1.29, 1.82) is 0 Å². The van der Waals surface area contributed by atoms with Crippen molar-refractivity contribution in [3.63, 3.8) is 0 Å². The van der Waals surface area contributed by atoms with E-state index in [0.29, 0.717) is 35.1 Å². The second-order valence-electron chi connectivity index (χ2n) is 8.00. The number of hydrogen-bond donors (Lipinski definition) is 0. The smallest absolute Gasteiger partial charge is 0.325 e. The van der Waals surface area contributed by atoms with E-state index >= 15 is 0 Å². The van der Waals surface area contributed by atoms with E-state index in [0.717, 1.165) is 5.56 Å². The van der Waals surface area contributed by atoms with Gasteiger partial charge in [0.25, 0.3) is 5.91 Å². The fourth-order valence-electron chi connectivity index (χ4n) is 3.77. The van der Waals surface area contributed by atoms with Crippen LogP contribution in [0.15, 0.2) is 78.5 Å². The van der Waals surface area contributed by atoms with E-state index < -0.39 is 5.97 Å². The fraction of sp³-hybridized carbons (Fsp3) is 0.179. The highest BCUT2D eigenvalue weighted by Crippen LogP contribution is 2.33. The fourth-order valence-corrected chi connectivity index (χ4v) is 4.12. The molecule has 0 aliphatic carbocycles. The molecule has 37 heavy (non-hydrogen) atoms. The topological polar surface area (TPSA) is 77.5 Å². The Balaban J connectivity index is 1.65. The molecule has 1 amide bonds. The van der Waals surface area contributed by atoms with Crippen LogP contribution in [-0.4, -0.2) is 49.8 Å². The van der Waals surface area contributed by atoms with Crippen molar-refractivity contribution in [1.82, 2.24) is 4.90 Å². The number of hydrogen-bond acceptors (Lipinski definition) is 7. The zero-order valence-electron chi connectivity index (χ0n) is 20.7. The first-order valence-corrected chi connectivity index (χ1v) is 11.8. The van der Waals surface area contributed by atoms with Crippen LogP contribution in [0.2, 0.25) is 0 Å². The number of nitrogens with zero attached hydrogens (tertiary/aromatic N) is 2. The minimum atomic E-state index is -0.528. The standard InChI is InChI=1S/C28H26N2O6S/c1-33-22-12-10-21(11-13-22)30-27(32)23(29(28(30)37)17-26(31)35-3)15-20-9-14-24(25(16-20)34-2)36-18-19-7-5-4-6-8-19/h4-16H,17-18H2,1-3H3/b23-15-. The van der Waals surface area contributed by atoms with E-state index in [2.05, 4.69) is 0 Å². The van der Waals surface area contributed by atoms with Crippen molar-refractivity contribution in [2.45, 2.75) is 6.61 Å². The van der Waals surface area contributed by atoms with Gasteiger partial charge in [-0.25, -0.2) is 0 Å². The molecule has 4 rings (SSSR count). The van der Waals surface area contributed by atoms with Gasteiger partial charge in [0, 0.05) is 0 Å². The van der Waals surface area contributed by atoms with Crippen LogP contribution in [0.25, 0.3) is 6.08 Å². The predicted octanol–water partition coefficient (Wildman–Crippen LogP) is 4.43. The third kappa shape index (κ3) is 5.73. The Hall–Kier alpha value is -4.37. The SMILES string of the molecule is COC(=O)CN1C(=S)N(c2ccc(OC)cc2)C(=O)/C1=C/c1ccc(OCc2ccccc2)c(OC)c1. The molecule has 1 aliphatic heterocycles. The number of carbonyl (C=O) groups excluding carboxylic acids is 2. The summed E-state index contributed by atoms with van der Waals surface area (Å²) in [6, 6.07) is 22.1. The van der Waals surface area contributed by atoms with Gasteiger partial charge in [-0.3, -0.25) is 14.5 Å². The summed E-state index contributed by atoms with van der Waals surface area (Å²) in [5.41, 5.74) is 2.47. The molecule has 0 bridgehead atoms. The number of benzene rings is 3. The van der Waals surface area contributed by atoms with Gasteiger partial charge >= 0.3 is 5.97 Å². The van der Waals surface area contributed by atoms with Crippen molar-refractivity contribution in [2.24, 2.45) is 0 Å². The number of esters is 1. The molecule has 0 radical (unpaired) electrons. The van der Waals surface area contributed by atoms with Gasteiger partial charge < -0.3 is 23.8 Å². The molecule has 1 aliphatic rings. The summed E-state index contributed by atoms with van der Waals surface area (Å²) in [5, 5.41) is 0.168. The van der Waals surface area contributed by atoms with Crippen LogP contribution in [0.5, 0.6) is 17.2 Å². The molecular weight excluding hydrogens is 492 g/mol. The summed E-state index contributed by atoms with van der Waals surface area (Å²) >= 11 is 5.60. The molecule has 0 atom stereocenters. The van der Waals surface area contributed by atoms with Crippen LogP contribution >= 0.6 is 12.2 Å². The van der Waals surface area contributed by atoms with E-state index in [4.69, 9.17) is 31.2 Å². The Morgan fingerprint density at radius 1 is 0.919 bits per heavy atom. The van der Waals surface area contributed by atoms with Crippen molar-refractivity contribution in [3.05, 3.63) is 89.6 Å². The molecule has 0 saturated carbocycles. The summed E-state index contributed by atoms with van der Waals surface area (Å²) in [4.78, 5) is 28.5. The molecule has 0 N–H and O–H groups in total. The summed E-state index contributed by atoms with van der Waals surface area (Å²) < 4.78 is 21.5. The zero-order chi connectivity index (χ0) is 26.4. The van der Waals surface area contributed by atoms with E-state index in [1.165, 1.54) is 16.9 Å². The Labute approximate surface area is 220 Å². The van der Waals surface area contributed by atoms with Crippen LogP contribution in [-0.2, 0) is 20.9 Å². The van der Waals surface area contributed by atoms with Gasteiger partial charge in [-0.15, -0.1) is 0 Å². The number of ether oxygens (including phenoxy) is 4. The Kier molecular flexibility index (Phi) is 8.05. The molecule has 3 aromatic rings. The summed E-state index contributed by atoms with van der Waals surface area (Å²) in [7, 11) is 4.39. The molecule has 1 saturated heterocycles. The van der Waals surface area contributed by atoms with Crippen molar-refractivity contribution >= 4 is 41.0 Å². The minimum Gasteiger partial charge on any atom is -0.497 e. The molecule has 1 heterocycles. The van der Waals surface area contributed by atoms with Crippen molar-refractivity contribution < 1.29 is 28.5 Å². The van der Waals surface area contributed by atoms with Gasteiger partial charge in [0.2, 0.25) is 0 Å². The molecule has 8 nitrogen and oxygen atoms in total. The summed E-state index contributed by atoms with van der Waals surface area (Å²) in [6.45, 7) is 0.170. The number of amides is 1. The third-order valence-corrected chi connectivity index (χ3v) is 6.11. The van der Waals surface area contributed by atoms with E-state index in [1.807, 2.05) is 30.3 Å². The van der Waals surface area contributed by atoms with Gasteiger partial charge in [-0.1, -0.05) is 36.4 Å². The van der Waals surface area contributed by atoms with Gasteiger partial charge in [-0.2, -0.15) is 0 Å². The minimum absolute atomic E-state index is 0.168. The van der Waals surface area contributed by atoms with Crippen LogP contribution in [0, 0.1) is 0 Å². The Morgan fingerprint density at radius 3 is 2.30 bits per heavy atom. The van der Waals surface area contributed by atoms with Crippen LogP contribution in [0.4, 0.5) is 5.69 Å². The highest BCUT2D eigenvalue weighted by molar-refractivity contribution is 7.80. The molecule has 3 aromatic carbocycles. The van der Waals surface area contributed by atoms with E-state index in [-0.39, 0.29) is 23.3 Å². The van der Waals surface area contributed by atoms with Gasteiger partial charge in [0.1, 0.15) is 24.6 Å². The maximum atomic E-state index is 13.5. The second kappa shape index (κ2) is 11.6. The average molecular weight is 519 g/mol. The Bertz CT molecular complexity index is 1320. The van der Waals surface area contributed by atoms with Gasteiger partial charge in [-0.05, 0) is 65.8 Å². The lowest BCUT2D eigenvalue weighted by Gasteiger charge is -2.19. The molecular formula is C28H26N2O6S. The molecule has 1 fully saturated rings. The molecule has 9 heteroatoms. The monoisotopic (exact) mass is 518 g/mol. The first kappa shape index (κ1) is 25.7. The van der Waals surface area contributed by atoms with E-state index in [9.17, 15) is 9.59 Å². The Morgan fingerprint density at radius 2 is 1.65 bits per heavy atom. The number of methoxy groups -OCH3 is 3. The summed E-state index contributed by atoms with van der Waals surface area (Å²) in [6.07, 6.45) is 1.66. The molecule has 0 unspecified atom stereocenters. The second-order valence-corrected chi connectivity index (χ2v) is 8.36. The molecule has 190 valence electrons. The van der Waals surface area contributed by atoms with Crippen LogP contribution in [0.3, 0.4) is 0 Å². The van der Waals surface area contributed by atoms with Crippen molar-refractivity contribution in [3.8, 4) is 17.2 Å². The molecule has 0 aromatic heterocycles. The predicted molar refractivity (Wildman–Crippen MR) is 144 cm³/mol. The first-order chi connectivity index (χ1) is 17.9.